The zero-order valence-corrected chi connectivity index (χ0v) is 8.34. The van der Waals surface area contributed by atoms with Gasteiger partial charge in [-0.2, -0.15) is 0 Å². The normalized spacial score (nSPS) is 25.3. The molecule has 0 N–H and O–H groups in total. The minimum Gasteiger partial charge on any atom is -0.471 e. The standard InChI is InChI=1S/C14H12O/c1-2-4-6-8-10-14-12-15-11-13(14)9-7-5-3-1/h1-12H/b2-1-,5-3-,6-4-,9-7-,10-8-. The van der Waals surface area contributed by atoms with Gasteiger partial charge in [-0.25, -0.2) is 0 Å². The number of allylic oxidation sites excluding steroid dienone is 8. The molecule has 1 nitrogen and oxygen atoms in total. The lowest BCUT2D eigenvalue weighted by Gasteiger charge is -1.88. The fourth-order valence-corrected chi connectivity index (χ4v) is 1.29. The van der Waals surface area contributed by atoms with E-state index in [0.717, 1.165) is 11.1 Å². The van der Waals surface area contributed by atoms with Gasteiger partial charge in [-0.1, -0.05) is 60.8 Å². The van der Waals surface area contributed by atoms with Crippen molar-refractivity contribution in [2.75, 3.05) is 0 Å². The zero-order valence-electron chi connectivity index (χ0n) is 8.34. The van der Waals surface area contributed by atoms with Crippen LogP contribution in [0.2, 0.25) is 0 Å². The van der Waals surface area contributed by atoms with Gasteiger partial charge >= 0.3 is 0 Å². The molecular weight excluding hydrogens is 184 g/mol. The molecule has 0 unspecified atom stereocenters. The van der Waals surface area contributed by atoms with Crippen molar-refractivity contribution in [3.8, 4) is 0 Å². The second-order valence-corrected chi connectivity index (χ2v) is 3.16. The van der Waals surface area contributed by atoms with E-state index in [0.29, 0.717) is 0 Å². The maximum Gasteiger partial charge on any atom is 0.0981 e. The molecule has 15 heavy (non-hydrogen) atoms. The molecule has 0 saturated carbocycles. The second kappa shape index (κ2) is 5.01. The van der Waals surface area contributed by atoms with Crippen molar-refractivity contribution in [1.29, 1.82) is 0 Å². The minimum absolute atomic E-state index is 1.09. The fourth-order valence-electron chi connectivity index (χ4n) is 1.29. The lowest BCUT2D eigenvalue weighted by molar-refractivity contribution is 0.566. The third-order valence-corrected chi connectivity index (χ3v) is 2.05. The van der Waals surface area contributed by atoms with E-state index in [4.69, 9.17) is 4.42 Å². The fraction of sp³-hybridized carbons (Fsp3) is 0. The van der Waals surface area contributed by atoms with Crippen LogP contribution in [0.1, 0.15) is 11.1 Å². The SMILES string of the molecule is C1=C\C=C/C=C\c2cocc2/C=C\C=C/1. The Morgan fingerprint density at radius 1 is 0.533 bits per heavy atom. The summed E-state index contributed by atoms with van der Waals surface area (Å²) in [6, 6.07) is 0. The van der Waals surface area contributed by atoms with Crippen molar-refractivity contribution in [3.63, 3.8) is 0 Å². The number of furan rings is 1. The first-order valence-corrected chi connectivity index (χ1v) is 4.88. The van der Waals surface area contributed by atoms with Gasteiger partial charge in [0.2, 0.25) is 0 Å². The van der Waals surface area contributed by atoms with E-state index in [1.807, 2.05) is 60.8 Å². The van der Waals surface area contributed by atoms with Crippen molar-refractivity contribution >= 4 is 12.2 Å². The van der Waals surface area contributed by atoms with E-state index >= 15 is 0 Å². The van der Waals surface area contributed by atoms with Gasteiger partial charge in [0.1, 0.15) is 0 Å². The first-order valence-electron chi connectivity index (χ1n) is 4.88. The third-order valence-electron chi connectivity index (χ3n) is 2.05. The van der Waals surface area contributed by atoms with Gasteiger partial charge in [0.25, 0.3) is 0 Å². The van der Waals surface area contributed by atoms with Gasteiger partial charge < -0.3 is 4.42 Å². The lowest BCUT2D eigenvalue weighted by atomic mass is 10.1. The van der Waals surface area contributed by atoms with Crippen LogP contribution in [-0.2, 0) is 0 Å². The van der Waals surface area contributed by atoms with Crippen LogP contribution in [0.3, 0.4) is 0 Å². The zero-order chi connectivity index (χ0) is 10.3. The summed E-state index contributed by atoms with van der Waals surface area (Å²) in [6.07, 6.45) is 23.5. The third kappa shape index (κ3) is 2.71. The molecule has 0 bridgehead atoms. The van der Waals surface area contributed by atoms with Crippen molar-refractivity contribution in [2.24, 2.45) is 0 Å². The van der Waals surface area contributed by atoms with Crippen molar-refractivity contribution < 1.29 is 4.42 Å². The van der Waals surface area contributed by atoms with Gasteiger partial charge in [0, 0.05) is 11.1 Å². The first kappa shape index (κ1) is 9.53. The largest absolute Gasteiger partial charge is 0.471 e. The summed E-state index contributed by atoms with van der Waals surface area (Å²) in [5.74, 6) is 0. The summed E-state index contributed by atoms with van der Waals surface area (Å²) in [7, 11) is 0. The van der Waals surface area contributed by atoms with E-state index < -0.39 is 0 Å². The van der Waals surface area contributed by atoms with Crippen LogP contribution in [0.25, 0.3) is 12.2 Å². The maximum atomic E-state index is 5.16. The van der Waals surface area contributed by atoms with E-state index in [9.17, 15) is 0 Å². The van der Waals surface area contributed by atoms with Crippen LogP contribution >= 0.6 is 0 Å². The van der Waals surface area contributed by atoms with Crippen LogP contribution in [0.4, 0.5) is 0 Å². The Balaban J connectivity index is 2.34. The predicted octanol–water partition coefficient (Wildman–Crippen LogP) is 3.99. The molecule has 0 saturated heterocycles. The lowest BCUT2D eigenvalue weighted by Crippen LogP contribution is -1.70. The van der Waals surface area contributed by atoms with Crippen LogP contribution < -0.4 is 0 Å². The highest BCUT2D eigenvalue weighted by molar-refractivity contribution is 5.65. The van der Waals surface area contributed by atoms with Gasteiger partial charge in [0.05, 0.1) is 12.5 Å². The summed E-state index contributed by atoms with van der Waals surface area (Å²) in [5.41, 5.74) is 2.18. The monoisotopic (exact) mass is 196 g/mol. The molecule has 0 radical (unpaired) electrons. The molecule has 74 valence electrons. The van der Waals surface area contributed by atoms with Crippen LogP contribution in [-0.4, -0.2) is 0 Å². The summed E-state index contributed by atoms with van der Waals surface area (Å²) >= 11 is 0. The molecule has 0 amide bonds. The molecule has 0 fully saturated rings. The molecule has 0 atom stereocenters. The molecule has 2 rings (SSSR count). The molecule has 1 aromatic rings. The van der Waals surface area contributed by atoms with Gasteiger partial charge in [0.15, 0.2) is 0 Å². The average Bonchev–Trinajstić information content (AvgIpc) is 2.65. The topological polar surface area (TPSA) is 13.1 Å². The quantitative estimate of drug-likeness (QED) is 0.611. The highest BCUT2D eigenvalue weighted by atomic mass is 16.3. The van der Waals surface area contributed by atoms with Gasteiger partial charge in [-0.3, -0.25) is 0 Å². The summed E-state index contributed by atoms with van der Waals surface area (Å²) in [4.78, 5) is 0. The molecule has 1 heterocycles. The molecule has 1 aromatic heterocycles. The Kier molecular flexibility index (Phi) is 3.18. The van der Waals surface area contributed by atoms with Gasteiger partial charge in [-0.15, -0.1) is 0 Å². The summed E-state index contributed by atoms with van der Waals surface area (Å²) in [5, 5.41) is 0. The molecule has 1 aliphatic rings. The Hall–Kier alpha value is -2.02. The molecule has 1 aliphatic carbocycles. The number of fused-ring (bicyclic) bond motifs is 1. The van der Waals surface area contributed by atoms with Crippen LogP contribution in [0, 0.1) is 0 Å². The highest BCUT2D eigenvalue weighted by Crippen LogP contribution is 2.14. The Bertz CT molecular complexity index is 413. The summed E-state index contributed by atoms with van der Waals surface area (Å²) in [6.45, 7) is 0. The van der Waals surface area contributed by atoms with Gasteiger partial charge in [-0.05, 0) is 0 Å². The molecule has 1 heteroatoms. The van der Waals surface area contributed by atoms with E-state index in [2.05, 4.69) is 0 Å². The molecule has 0 aromatic carbocycles. The first-order chi connectivity index (χ1) is 7.47. The van der Waals surface area contributed by atoms with Crippen molar-refractivity contribution in [1.82, 2.24) is 0 Å². The molecule has 0 spiro atoms. The highest BCUT2D eigenvalue weighted by Gasteiger charge is 1.96. The van der Waals surface area contributed by atoms with E-state index in [-0.39, 0.29) is 0 Å². The molecule has 0 aliphatic heterocycles. The van der Waals surface area contributed by atoms with E-state index in [1.54, 1.807) is 12.5 Å². The van der Waals surface area contributed by atoms with E-state index in [1.165, 1.54) is 0 Å². The molecular formula is C14H12O. The predicted molar refractivity (Wildman–Crippen MR) is 64.2 cm³/mol. The minimum atomic E-state index is 1.09. The smallest absolute Gasteiger partial charge is 0.0981 e. The number of hydrogen-bond donors (Lipinski definition) is 0. The van der Waals surface area contributed by atoms with Crippen molar-refractivity contribution in [3.05, 3.63) is 72.3 Å². The average molecular weight is 196 g/mol. The second-order valence-electron chi connectivity index (χ2n) is 3.16. The Morgan fingerprint density at radius 2 is 0.933 bits per heavy atom. The van der Waals surface area contributed by atoms with Crippen LogP contribution in [0.15, 0.2) is 65.6 Å². The van der Waals surface area contributed by atoms with Crippen LogP contribution in [0.5, 0.6) is 0 Å². The number of rotatable bonds is 0. The maximum absolute atomic E-state index is 5.16. The Labute approximate surface area is 89.4 Å². The Morgan fingerprint density at radius 3 is 1.40 bits per heavy atom. The van der Waals surface area contributed by atoms with Crippen molar-refractivity contribution in [2.45, 2.75) is 0 Å². The summed E-state index contributed by atoms with van der Waals surface area (Å²) < 4.78 is 5.16. The number of hydrogen-bond acceptors (Lipinski definition) is 1.